The van der Waals surface area contributed by atoms with Crippen molar-refractivity contribution in [3.05, 3.63) is 95.3 Å². The van der Waals surface area contributed by atoms with Crippen molar-refractivity contribution in [3.8, 4) is 11.1 Å². The van der Waals surface area contributed by atoms with Gasteiger partial charge in [0.25, 0.3) is 0 Å². The van der Waals surface area contributed by atoms with Crippen molar-refractivity contribution < 1.29 is 9.18 Å². The monoisotopic (exact) mass is 361 g/mol. The van der Waals surface area contributed by atoms with Crippen molar-refractivity contribution in [1.29, 1.82) is 0 Å². The van der Waals surface area contributed by atoms with Crippen LogP contribution in [0.5, 0.6) is 0 Å². The van der Waals surface area contributed by atoms with Gasteiger partial charge in [0.2, 0.25) is 5.91 Å². The van der Waals surface area contributed by atoms with E-state index in [2.05, 4.69) is 5.32 Å². The largest absolute Gasteiger partial charge is 0.356 e. The molecule has 3 aromatic rings. The van der Waals surface area contributed by atoms with Gasteiger partial charge in [-0.15, -0.1) is 0 Å². The molecule has 0 unspecified atom stereocenters. The predicted molar refractivity (Wildman–Crippen MR) is 108 cm³/mol. The molecule has 0 spiro atoms. The molecule has 0 saturated heterocycles. The number of carbonyl (C=O) groups is 1. The lowest BCUT2D eigenvalue weighted by atomic mass is 10.0. The van der Waals surface area contributed by atoms with E-state index in [0.717, 1.165) is 24.0 Å². The van der Waals surface area contributed by atoms with E-state index in [1.54, 1.807) is 12.1 Å². The quantitative estimate of drug-likeness (QED) is 0.583. The van der Waals surface area contributed by atoms with Crippen LogP contribution >= 0.6 is 0 Å². The molecule has 138 valence electrons. The summed E-state index contributed by atoms with van der Waals surface area (Å²) in [7, 11) is 0. The Morgan fingerprint density at radius 3 is 2.26 bits per heavy atom. The lowest BCUT2D eigenvalue weighted by Crippen LogP contribution is -2.26. The highest BCUT2D eigenvalue weighted by Crippen LogP contribution is 2.23. The number of aryl methyl sites for hydroxylation is 2. The zero-order valence-electron chi connectivity index (χ0n) is 15.5. The summed E-state index contributed by atoms with van der Waals surface area (Å²) in [5, 5.41) is 2.97. The van der Waals surface area contributed by atoms with Crippen LogP contribution in [0.3, 0.4) is 0 Å². The second-order valence-corrected chi connectivity index (χ2v) is 6.79. The Morgan fingerprint density at radius 1 is 0.889 bits per heavy atom. The van der Waals surface area contributed by atoms with Gasteiger partial charge in [0.1, 0.15) is 5.82 Å². The molecule has 0 saturated carbocycles. The summed E-state index contributed by atoms with van der Waals surface area (Å²) in [6.07, 6.45) is 2.17. The molecular formula is C24H24FNO. The normalized spacial score (nSPS) is 10.6. The first-order valence-electron chi connectivity index (χ1n) is 9.28. The molecule has 1 N–H and O–H groups in total. The van der Waals surface area contributed by atoms with E-state index in [-0.39, 0.29) is 11.7 Å². The van der Waals surface area contributed by atoms with Gasteiger partial charge >= 0.3 is 0 Å². The number of amides is 1. The minimum Gasteiger partial charge on any atom is -0.356 e. The van der Waals surface area contributed by atoms with Crippen molar-refractivity contribution in [2.75, 3.05) is 6.54 Å². The molecule has 0 aromatic heterocycles. The second kappa shape index (κ2) is 9.13. The summed E-state index contributed by atoms with van der Waals surface area (Å²) in [4.78, 5) is 12.0. The van der Waals surface area contributed by atoms with Gasteiger partial charge < -0.3 is 5.32 Å². The summed E-state index contributed by atoms with van der Waals surface area (Å²) < 4.78 is 13.8. The van der Waals surface area contributed by atoms with Gasteiger partial charge in [-0.25, -0.2) is 4.39 Å². The Bertz CT molecular complexity index is 885. The smallest absolute Gasteiger partial charge is 0.224 e. The van der Waals surface area contributed by atoms with Crippen molar-refractivity contribution in [1.82, 2.24) is 5.32 Å². The van der Waals surface area contributed by atoms with E-state index in [4.69, 9.17) is 0 Å². The zero-order chi connectivity index (χ0) is 19.1. The summed E-state index contributed by atoms with van der Waals surface area (Å²) in [5.41, 5.74) is 4.90. The van der Waals surface area contributed by atoms with Gasteiger partial charge in [0.15, 0.2) is 0 Å². The van der Waals surface area contributed by atoms with E-state index < -0.39 is 0 Å². The van der Waals surface area contributed by atoms with Crippen LogP contribution in [0.25, 0.3) is 11.1 Å². The molecule has 27 heavy (non-hydrogen) atoms. The van der Waals surface area contributed by atoms with E-state index in [1.807, 2.05) is 61.5 Å². The Kier molecular flexibility index (Phi) is 6.37. The van der Waals surface area contributed by atoms with Crippen LogP contribution in [0.4, 0.5) is 4.39 Å². The number of carbonyl (C=O) groups excluding carboxylic acids is 1. The van der Waals surface area contributed by atoms with E-state index in [9.17, 15) is 9.18 Å². The maximum absolute atomic E-state index is 13.8. The summed E-state index contributed by atoms with van der Waals surface area (Å²) in [6, 6.07) is 22.8. The minimum atomic E-state index is -0.207. The van der Waals surface area contributed by atoms with Crippen molar-refractivity contribution in [2.24, 2.45) is 0 Å². The molecule has 0 heterocycles. The molecule has 0 radical (unpaired) electrons. The molecule has 0 aliphatic rings. The lowest BCUT2D eigenvalue weighted by molar-refractivity contribution is -0.120. The van der Waals surface area contributed by atoms with Crippen LogP contribution in [0.2, 0.25) is 0 Å². The number of hydrogen-bond donors (Lipinski definition) is 1. The third kappa shape index (κ3) is 5.52. The molecular weight excluding hydrogens is 337 g/mol. The topological polar surface area (TPSA) is 29.1 Å². The Hall–Kier alpha value is -2.94. The van der Waals surface area contributed by atoms with Gasteiger partial charge in [0, 0.05) is 12.1 Å². The Labute approximate surface area is 160 Å². The molecule has 2 nitrogen and oxygen atoms in total. The molecule has 0 fully saturated rings. The van der Waals surface area contributed by atoms with Crippen LogP contribution in [0, 0.1) is 12.7 Å². The average molecular weight is 361 g/mol. The van der Waals surface area contributed by atoms with E-state index >= 15 is 0 Å². The molecule has 0 aliphatic heterocycles. The van der Waals surface area contributed by atoms with Gasteiger partial charge in [-0.1, -0.05) is 72.3 Å². The van der Waals surface area contributed by atoms with Crippen molar-refractivity contribution >= 4 is 5.91 Å². The van der Waals surface area contributed by atoms with Gasteiger partial charge in [-0.3, -0.25) is 4.79 Å². The van der Waals surface area contributed by atoms with E-state index in [0.29, 0.717) is 18.5 Å². The minimum absolute atomic E-state index is 0.0498. The Balaban J connectivity index is 1.43. The van der Waals surface area contributed by atoms with Crippen LogP contribution in [0.1, 0.15) is 23.1 Å². The SMILES string of the molecule is Cc1ccc(CC(=O)NCCCc2ccc(-c3ccccc3F)cc2)cc1. The highest BCUT2D eigenvalue weighted by molar-refractivity contribution is 5.78. The van der Waals surface area contributed by atoms with Crippen LogP contribution < -0.4 is 5.32 Å². The number of halogens is 1. The molecule has 3 rings (SSSR count). The van der Waals surface area contributed by atoms with Crippen molar-refractivity contribution in [2.45, 2.75) is 26.2 Å². The van der Waals surface area contributed by atoms with Gasteiger partial charge in [0.05, 0.1) is 6.42 Å². The molecule has 0 aliphatic carbocycles. The first kappa shape index (κ1) is 18.8. The predicted octanol–water partition coefficient (Wildman–Crippen LogP) is 5.09. The summed E-state index contributed by atoms with van der Waals surface area (Å²) in [6.45, 7) is 2.69. The summed E-state index contributed by atoms with van der Waals surface area (Å²) >= 11 is 0. The van der Waals surface area contributed by atoms with Crippen LogP contribution in [-0.4, -0.2) is 12.5 Å². The third-order valence-corrected chi connectivity index (χ3v) is 4.59. The third-order valence-electron chi connectivity index (χ3n) is 4.59. The number of nitrogens with one attached hydrogen (secondary N) is 1. The van der Waals surface area contributed by atoms with Crippen LogP contribution in [-0.2, 0) is 17.6 Å². The highest BCUT2D eigenvalue weighted by Gasteiger charge is 2.05. The first-order chi connectivity index (χ1) is 13.1. The van der Waals surface area contributed by atoms with Crippen LogP contribution in [0.15, 0.2) is 72.8 Å². The van der Waals surface area contributed by atoms with Crippen molar-refractivity contribution in [3.63, 3.8) is 0 Å². The highest BCUT2D eigenvalue weighted by atomic mass is 19.1. The Morgan fingerprint density at radius 2 is 1.56 bits per heavy atom. The number of hydrogen-bond acceptors (Lipinski definition) is 1. The molecule has 0 atom stereocenters. The van der Waals surface area contributed by atoms with Gasteiger partial charge in [-0.2, -0.15) is 0 Å². The van der Waals surface area contributed by atoms with E-state index in [1.165, 1.54) is 17.2 Å². The fraction of sp³-hybridized carbons (Fsp3) is 0.208. The maximum Gasteiger partial charge on any atom is 0.224 e. The molecule has 1 amide bonds. The molecule has 3 aromatic carbocycles. The number of benzene rings is 3. The second-order valence-electron chi connectivity index (χ2n) is 6.79. The number of rotatable bonds is 7. The average Bonchev–Trinajstić information content (AvgIpc) is 2.68. The first-order valence-corrected chi connectivity index (χ1v) is 9.28. The fourth-order valence-electron chi connectivity index (χ4n) is 3.02. The zero-order valence-corrected chi connectivity index (χ0v) is 15.5. The lowest BCUT2D eigenvalue weighted by Gasteiger charge is -2.07. The van der Waals surface area contributed by atoms with Gasteiger partial charge in [-0.05, 0) is 42.5 Å². The maximum atomic E-state index is 13.8. The fourth-order valence-corrected chi connectivity index (χ4v) is 3.02. The molecule has 3 heteroatoms. The molecule has 0 bridgehead atoms. The summed E-state index contributed by atoms with van der Waals surface area (Å²) in [5.74, 6) is -0.157. The standard InChI is InChI=1S/C24H24FNO/c1-18-8-10-20(11-9-18)17-24(27)26-16-4-5-19-12-14-21(15-13-19)22-6-2-3-7-23(22)25/h2-3,6-15H,4-5,16-17H2,1H3,(H,26,27).